The van der Waals surface area contributed by atoms with E-state index in [4.69, 9.17) is 10.2 Å². The molecule has 0 aliphatic rings. The second-order valence-corrected chi connectivity index (χ2v) is 2.54. The molecule has 0 saturated heterocycles. The molecule has 0 bridgehead atoms. The summed E-state index contributed by atoms with van der Waals surface area (Å²) in [6.45, 7) is 0. The first-order valence-electron chi connectivity index (χ1n) is 3.54. The lowest BCUT2D eigenvalue weighted by atomic mass is 10.2. The number of rotatable bonds is 1. The van der Waals surface area contributed by atoms with Gasteiger partial charge >= 0.3 is 0 Å². The number of carbonyl (C=O) groups is 1. The number of hydrogen-bond acceptors (Lipinski definition) is 2. The van der Waals surface area contributed by atoms with Crippen molar-refractivity contribution in [1.29, 1.82) is 0 Å². The van der Waals surface area contributed by atoms with Crippen molar-refractivity contribution < 1.29 is 10.6 Å². The molecule has 1 amide bonds. The highest BCUT2D eigenvalue weighted by molar-refractivity contribution is 5.96. The average molecular weight is 163 g/mol. The van der Waals surface area contributed by atoms with Gasteiger partial charge in [-0.05, 0) is 18.2 Å². The molecule has 1 heterocycles. The van der Waals surface area contributed by atoms with Crippen LogP contribution in [0.2, 0.25) is 0 Å². The average Bonchev–Trinajstić information content (AvgIpc) is 2.49. The van der Waals surface area contributed by atoms with Crippen LogP contribution in [0.25, 0.3) is 11.0 Å². The summed E-state index contributed by atoms with van der Waals surface area (Å²) < 4.78 is 5.10. The molecule has 12 heavy (non-hydrogen) atoms. The van der Waals surface area contributed by atoms with Crippen molar-refractivity contribution in [2.24, 2.45) is 5.73 Å². The Labute approximate surface area is 70.3 Å². The van der Waals surface area contributed by atoms with Gasteiger partial charge < -0.3 is 10.2 Å². The van der Waals surface area contributed by atoms with E-state index in [0.717, 1.165) is 5.39 Å². The Morgan fingerprint density at radius 1 is 1.42 bits per heavy atom. The molecule has 0 aliphatic carbocycles. The van der Waals surface area contributed by atoms with Gasteiger partial charge in [-0.15, -0.1) is 0 Å². The number of carbonyl (C=O) groups excluding carboxylic acids is 1. The van der Waals surface area contributed by atoms with Gasteiger partial charge in [-0.2, -0.15) is 0 Å². The molecular formula is C9H9NO2. The molecule has 2 rings (SSSR count). The highest BCUT2D eigenvalue weighted by Crippen LogP contribution is 2.16. The quantitative estimate of drug-likeness (QED) is 0.696. The maximum Gasteiger partial charge on any atom is 0.248 e. The van der Waals surface area contributed by atoms with E-state index >= 15 is 0 Å². The molecule has 2 aromatic rings. The van der Waals surface area contributed by atoms with Gasteiger partial charge in [-0.1, -0.05) is 6.07 Å². The van der Waals surface area contributed by atoms with Gasteiger partial charge in [0.1, 0.15) is 5.58 Å². The summed E-state index contributed by atoms with van der Waals surface area (Å²) >= 11 is 0. The van der Waals surface area contributed by atoms with Crippen molar-refractivity contribution in [2.45, 2.75) is 0 Å². The van der Waals surface area contributed by atoms with Gasteiger partial charge in [0.05, 0.1) is 6.26 Å². The van der Waals surface area contributed by atoms with Crippen LogP contribution in [0.1, 0.15) is 11.8 Å². The number of amides is 1. The van der Waals surface area contributed by atoms with E-state index in [1.165, 1.54) is 0 Å². The largest absolute Gasteiger partial charge is 0.464 e. The van der Waals surface area contributed by atoms with Crippen LogP contribution in [0.15, 0.2) is 34.9 Å². The van der Waals surface area contributed by atoms with E-state index in [0.29, 0.717) is 11.1 Å². The minimum Gasteiger partial charge on any atom is -0.464 e. The predicted molar refractivity (Wildman–Crippen MR) is 46.8 cm³/mol. The van der Waals surface area contributed by atoms with E-state index in [2.05, 4.69) is 0 Å². The zero-order valence-electron chi connectivity index (χ0n) is 6.28. The fraction of sp³-hybridized carbons (Fsp3) is 0. The normalized spacial score (nSPS) is 10.3. The number of benzene rings is 1. The third-order valence-electron chi connectivity index (χ3n) is 1.74. The summed E-state index contributed by atoms with van der Waals surface area (Å²) in [7, 11) is 0. The van der Waals surface area contributed by atoms with Gasteiger partial charge in [0.2, 0.25) is 5.91 Å². The fourth-order valence-corrected chi connectivity index (χ4v) is 1.11. The van der Waals surface area contributed by atoms with Gasteiger partial charge in [0.15, 0.2) is 0 Å². The Morgan fingerprint density at radius 3 is 3.00 bits per heavy atom. The lowest BCUT2D eigenvalue weighted by Crippen LogP contribution is -2.10. The maximum absolute atomic E-state index is 10.7. The van der Waals surface area contributed by atoms with Crippen molar-refractivity contribution in [3.05, 3.63) is 36.1 Å². The molecule has 1 aromatic carbocycles. The number of nitrogens with two attached hydrogens (primary N) is 1. The van der Waals surface area contributed by atoms with Gasteiger partial charge in [0.25, 0.3) is 0 Å². The first-order chi connectivity index (χ1) is 5.77. The fourth-order valence-electron chi connectivity index (χ4n) is 1.11. The van der Waals surface area contributed by atoms with Crippen LogP contribution in [0.4, 0.5) is 0 Å². The number of furan rings is 1. The number of fused-ring (bicyclic) bond motifs is 1. The predicted octanol–water partition coefficient (Wildman–Crippen LogP) is 1.78. The van der Waals surface area contributed by atoms with E-state index < -0.39 is 5.91 Å². The summed E-state index contributed by atoms with van der Waals surface area (Å²) in [4.78, 5) is 10.7. The molecule has 0 atom stereocenters. The molecule has 3 heteroatoms. The van der Waals surface area contributed by atoms with Crippen LogP contribution in [0, 0.1) is 0 Å². The summed E-state index contributed by atoms with van der Waals surface area (Å²) in [6, 6.07) is 6.96. The Kier molecular flexibility index (Phi) is 1.37. The number of hydrogen-bond donors (Lipinski definition) is 1. The molecule has 0 radical (unpaired) electrons. The molecule has 1 aromatic heterocycles. The molecule has 0 unspecified atom stereocenters. The number of primary amides is 1. The Hall–Kier alpha value is -1.77. The van der Waals surface area contributed by atoms with Crippen LogP contribution in [0.3, 0.4) is 0 Å². The van der Waals surface area contributed by atoms with E-state index in [9.17, 15) is 4.79 Å². The van der Waals surface area contributed by atoms with Crippen molar-refractivity contribution in [1.82, 2.24) is 0 Å². The van der Waals surface area contributed by atoms with Crippen LogP contribution in [-0.2, 0) is 0 Å². The lowest BCUT2D eigenvalue weighted by molar-refractivity contribution is 0.100. The van der Waals surface area contributed by atoms with Gasteiger partial charge in [-0.3, -0.25) is 4.79 Å². The maximum atomic E-state index is 10.7. The van der Waals surface area contributed by atoms with Crippen LogP contribution < -0.4 is 5.73 Å². The standard InChI is InChI=1S/C9H7NO2.H2/c10-9(11)7-2-1-6-3-4-12-8(6)5-7;/h1-5H,(H2,10,11);1H. The van der Waals surface area contributed by atoms with Crippen LogP contribution in [-0.4, -0.2) is 5.91 Å². The molecular weight excluding hydrogens is 154 g/mol. The second kappa shape index (κ2) is 2.37. The van der Waals surface area contributed by atoms with Crippen LogP contribution >= 0.6 is 0 Å². The molecule has 2 N–H and O–H groups in total. The summed E-state index contributed by atoms with van der Waals surface area (Å²) in [5.74, 6) is -0.437. The zero-order valence-corrected chi connectivity index (χ0v) is 6.28. The Balaban J connectivity index is 0.000000845. The molecule has 3 nitrogen and oxygen atoms in total. The molecule has 62 valence electrons. The first kappa shape index (κ1) is 6.91. The van der Waals surface area contributed by atoms with Crippen molar-refractivity contribution in [2.75, 3.05) is 0 Å². The summed E-state index contributed by atoms with van der Waals surface area (Å²) in [5.41, 5.74) is 6.25. The molecule has 0 spiro atoms. The monoisotopic (exact) mass is 163 g/mol. The second-order valence-electron chi connectivity index (χ2n) is 2.54. The SMILES string of the molecule is NC(=O)c1ccc2ccoc2c1.[HH]. The minimum absolute atomic E-state index is 0. The van der Waals surface area contributed by atoms with Gasteiger partial charge in [-0.25, -0.2) is 0 Å². The van der Waals surface area contributed by atoms with Crippen molar-refractivity contribution >= 4 is 16.9 Å². The van der Waals surface area contributed by atoms with Crippen LogP contribution in [0.5, 0.6) is 0 Å². The Bertz CT molecular complexity index is 436. The van der Waals surface area contributed by atoms with E-state index in [-0.39, 0.29) is 1.43 Å². The topological polar surface area (TPSA) is 56.2 Å². The van der Waals surface area contributed by atoms with E-state index in [1.807, 2.05) is 6.07 Å². The molecule has 0 saturated carbocycles. The summed E-state index contributed by atoms with van der Waals surface area (Å²) in [6.07, 6.45) is 1.58. The van der Waals surface area contributed by atoms with Crippen molar-refractivity contribution in [3.8, 4) is 0 Å². The van der Waals surface area contributed by atoms with Gasteiger partial charge in [0, 0.05) is 12.4 Å². The third kappa shape index (κ3) is 0.955. The third-order valence-corrected chi connectivity index (χ3v) is 1.74. The zero-order chi connectivity index (χ0) is 8.55. The lowest BCUT2D eigenvalue weighted by Gasteiger charge is -1.93. The molecule has 0 aliphatic heterocycles. The summed E-state index contributed by atoms with van der Waals surface area (Å²) in [5, 5.41) is 0.972. The Morgan fingerprint density at radius 2 is 2.25 bits per heavy atom. The molecule has 0 fully saturated rings. The van der Waals surface area contributed by atoms with Crippen molar-refractivity contribution in [3.63, 3.8) is 0 Å². The highest BCUT2D eigenvalue weighted by Gasteiger charge is 2.02. The smallest absolute Gasteiger partial charge is 0.248 e. The highest BCUT2D eigenvalue weighted by atomic mass is 16.3. The first-order valence-corrected chi connectivity index (χ1v) is 3.54. The van der Waals surface area contributed by atoms with E-state index in [1.54, 1.807) is 24.5 Å². The minimum atomic E-state index is -0.437.